The van der Waals surface area contributed by atoms with Crippen molar-refractivity contribution in [1.29, 1.82) is 0 Å². The summed E-state index contributed by atoms with van der Waals surface area (Å²) in [5, 5.41) is 0. The van der Waals surface area contributed by atoms with Gasteiger partial charge in [0.15, 0.2) is 0 Å². The van der Waals surface area contributed by atoms with Crippen LogP contribution in [0.4, 0.5) is 4.20 Å². The molecule has 0 fully saturated rings. The first kappa shape index (κ1) is 41.5. The number of rotatable bonds is 36. The monoisotopic (exact) mass is 621 g/mol. The summed E-state index contributed by atoms with van der Waals surface area (Å²) >= 11 is 4.96. The quantitative estimate of drug-likeness (QED) is 0.0513. The van der Waals surface area contributed by atoms with E-state index in [0.717, 1.165) is 25.7 Å². The Morgan fingerprint density at radius 2 is 0.512 bits per heavy atom. The van der Waals surface area contributed by atoms with Gasteiger partial charge in [0, 0.05) is 0 Å². The fourth-order valence-electron chi connectivity index (χ4n) is 5.68. The third kappa shape index (κ3) is 36.6. The molecule has 0 rings (SSSR count). The van der Waals surface area contributed by atoms with E-state index >= 15 is 0 Å². The van der Waals surface area contributed by atoms with Crippen molar-refractivity contribution in [3.8, 4) is 0 Å². The van der Waals surface area contributed by atoms with E-state index in [0.29, 0.717) is 13.2 Å². The van der Waals surface area contributed by atoms with Crippen LogP contribution in [0.1, 0.15) is 219 Å². The van der Waals surface area contributed by atoms with E-state index in [9.17, 15) is 4.20 Å². The lowest BCUT2D eigenvalue weighted by molar-refractivity contribution is 0.213. The molecule has 0 amide bonds. The van der Waals surface area contributed by atoms with Crippen molar-refractivity contribution >= 4 is 18.6 Å². The smallest absolute Gasteiger partial charge is 0.306 e. The summed E-state index contributed by atoms with van der Waals surface area (Å²) in [5.41, 5.74) is 0. The molecular weight excluding hydrogens is 546 g/mol. The second-order valence-electron chi connectivity index (χ2n) is 12.7. The van der Waals surface area contributed by atoms with Crippen LogP contribution in [0.25, 0.3) is 0 Å². The van der Waals surface area contributed by atoms with Gasteiger partial charge in [-0.25, -0.2) is 0 Å². The lowest BCUT2D eigenvalue weighted by atomic mass is 10.0. The summed E-state index contributed by atoms with van der Waals surface area (Å²) in [6.07, 6.45) is 42.7. The fraction of sp³-hybridized carbons (Fsp3) is 1.00. The molecule has 0 aromatic heterocycles. The molecule has 41 heavy (non-hydrogen) atoms. The molecule has 0 spiro atoms. The van der Waals surface area contributed by atoms with Crippen molar-refractivity contribution in [3.05, 3.63) is 0 Å². The van der Waals surface area contributed by atoms with E-state index in [-0.39, 0.29) is 0 Å². The Hall–Kier alpha value is 0.500. The molecule has 0 aliphatic heterocycles. The van der Waals surface area contributed by atoms with Crippen molar-refractivity contribution in [2.45, 2.75) is 219 Å². The highest BCUT2D eigenvalue weighted by molar-refractivity contribution is 8.07. The second-order valence-corrected chi connectivity index (χ2v) is 15.4. The summed E-state index contributed by atoms with van der Waals surface area (Å²) in [5.74, 6) is 0. The molecule has 0 aromatic rings. The van der Waals surface area contributed by atoms with Gasteiger partial charge in [0.1, 0.15) is 0 Å². The minimum Gasteiger partial charge on any atom is -0.306 e. The molecular formula is C36H74FO2PS. The Balaban J connectivity index is 3.26. The van der Waals surface area contributed by atoms with Gasteiger partial charge >= 0.3 is 6.80 Å². The predicted octanol–water partition coefficient (Wildman–Crippen LogP) is 14.7. The van der Waals surface area contributed by atoms with Gasteiger partial charge in [-0.15, -0.1) is 0 Å². The lowest BCUT2D eigenvalue weighted by Crippen LogP contribution is -1.96. The van der Waals surface area contributed by atoms with Crippen LogP contribution in [0.15, 0.2) is 0 Å². The van der Waals surface area contributed by atoms with Crippen LogP contribution in [0.2, 0.25) is 0 Å². The fourth-order valence-corrected chi connectivity index (χ4v) is 6.90. The van der Waals surface area contributed by atoms with Gasteiger partial charge in [-0.05, 0) is 24.6 Å². The largest absolute Gasteiger partial charge is 0.365 e. The van der Waals surface area contributed by atoms with Crippen LogP contribution in [-0.4, -0.2) is 13.2 Å². The summed E-state index contributed by atoms with van der Waals surface area (Å²) in [4.78, 5) is 0. The highest BCUT2D eigenvalue weighted by Gasteiger charge is 2.16. The maximum absolute atomic E-state index is 14.4. The number of unbranched alkanes of at least 4 members (excludes halogenated alkanes) is 30. The highest BCUT2D eigenvalue weighted by Crippen LogP contribution is 2.50. The van der Waals surface area contributed by atoms with Gasteiger partial charge in [0.05, 0.1) is 13.2 Å². The minimum atomic E-state index is -3.54. The first-order valence-electron chi connectivity index (χ1n) is 18.7. The normalized spacial score (nSPS) is 12.0. The number of hydrogen-bond donors (Lipinski definition) is 0. The van der Waals surface area contributed by atoms with Gasteiger partial charge in [0.2, 0.25) is 0 Å². The van der Waals surface area contributed by atoms with Gasteiger partial charge < -0.3 is 9.05 Å². The van der Waals surface area contributed by atoms with E-state index < -0.39 is 6.80 Å². The molecule has 0 saturated carbocycles. The Morgan fingerprint density at radius 1 is 0.341 bits per heavy atom. The molecule has 5 heteroatoms. The van der Waals surface area contributed by atoms with Crippen LogP contribution in [0.5, 0.6) is 0 Å². The summed E-state index contributed by atoms with van der Waals surface area (Å²) in [6.45, 7) is 1.84. The summed E-state index contributed by atoms with van der Waals surface area (Å²) in [6, 6.07) is 0. The molecule has 0 heterocycles. The zero-order valence-corrected chi connectivity index (χ0v) is 29.8. The molecule has 0 saturated heterocycles. The molecule has 0 radical (unpaired) electrons. The van der Waals surface area contributed by atoms with E-state index in [4.69, 9.17) is 20.9 Å². The maximum Gasteiger partial charge on any atom is 0.365 e. The van der Waals surface area contributed by atoms with Gasteiger partial charge in [-0.1, -0.05) is 206 Å². The number of hydrogen-bond acceptors (Lipinski definition) is 3. The highest BCUT2D eigenvalue weighted by atomic mass is 32.5. The Labute approximate surface area is 263 Å². The molecule has 0 aromatic carbocycles. The Morgan fingerprint density at radius 3 is 0.707 bits per heavy atom. The van der Waals surface area contributed by atoms with Crippen molar-refractivity contribution < 1.29 is 13.2 Å². The van der Waals surface area contributed by atoms with Crippen molar-refractivity contribution in [3.63, 3.8) is 0 Å². The first-order chi connectivity index (χ1) is 20.1. The van der Waals surface area contributed by atoms with E-state index in [1.54, 1.807) is 0 Å². The van der Waals surface area contributed by atoms with Crippen molar-refractivity contribution in [2.24, 2.45) is 0 Å². The van der Waals surface area contributed by atoms with Crippen molar-refractivity contribution in [1.82, 2.24) is 0 Å². The van der Waals surface area contributed by atoms with Crippen LogP contribution in [-0.2, 0) is 20.9 Å². The summed E-state index contributed by atoms with van der Waals surface area (Å²) < 4.78 is 25.0. The average Bonchev–Trinajstić information content (AvgIpc) is 2.96. The molecule has 0 N–H and O–H groups in total. The van der Waals surface area contributed by atoms with Gasteiger partial charge in [-0.3, -0.25) is 0 Å². The molecule has 248 valence electrons. The SMILES string of the molecule is CCCCCCCCCCCCCCCCCCOP(F)(=S)OCCCCCCCCCCCCCCCCCC. The van der Waals surface area contributed by atoms with Crippen LogP contribution >= 0.6 is 6.80 Å². The molecule has 2 nitrogen and oxygen atoms in total. The molecule has 0 aliphatic rings. The minimum absolute atomic E-state index is 0.408. The Kier molecular flexibility index (Phi) is 35.4. The predicted molar refractivity (Wildman–Crippen MR) is 186 cm³/mol. The second kappa shape index (κ2) is 35.0. The topological polar surface area (TPSA) is 18.5 Å². The lowest BCUT2D eigenvalue weighted by Gasteiger charge is -2.13. The van der Waals surface area contributed by atoms with E-state index in [1.165, 1.54) is 180 Å². The average molecular weight is 621 g/mol. The third-order valence-corrected chi connectivity index (χ3v) is 10.1. The van der Waals surface area contributed by atoms with Crippen LogP contribution < -0.4 is 0 Å². The molecule has 0 aliphatic carbocycles. The zero-order chi connectivity index (χ0) is 30.0. The Bertz CT molecular complexity index is 492. The number of halogens is 1. The molecule has 0 bridgehead atoms. The standard InChI is InChI=1S/C36H74FO2PS/c1-3-5-7-9-11-13-15-17-19-21-23-25-27-29-31-33-35-38-40(37,41)39-36-34-32-30-28-26-24-22-20-18-16-14-12-10-8-6-4-2/h3-36H2,1-2H3. The van der Waals surface area contributed by atoms with Crippen LogP contribution in [0.3, 0.4) is 0 Å². The van der Waals surface area contributed by atoms with E-state index in [1.807, 2.05) is 0 Å². The molecule has 0 atom stereocenters. The third-order valence-electron chi connectivity index (χ3n) is 8.49. The van der Waals surface area contributed by atoms with Gasteiger partial charge in [-0.2, -0.15) is 4.20 Å². The first-order valence-corrected chi connectivity index (χ1v) is 21.2. The van der Waals surface area contributed by atoms with Crippen molar-refractivity contribution in [2.75, 3.05) is 13.2 Å². The van der Waals surface area contributed by atoms with E-state index in [2.05, 4.69) is 13.8 Å². The summed E-state index contributed by atoms with van der Waals surface area (Å²) in [7, 11) is 0. The maximum atomic E-state index is 14.4. The van der Waals surface area contributed by atoms with Crippen LogP contribution in [0, 0.1) is 0 Å². The zero-order valence-electron chi connectivity index (χ0n) is 28.1. The van der Waals surface area contributed by atoms with Gasteiger partial charge in [0.25, 0.3) is 0 Å². The molecule has 0 unspecified atom stereocenters.